The van der Waals surface area contributed by atoms with Crippen LogP contribution in [0.3, 0.4) is 0 Å². The number of hydrogen-bond acceptors (Lipinski definition) is 4. The van der Waals surface area contributed by atoms with Crippen LogP contribution >= 0.6 is 15.9 Å². The Bertz CT molecular complexity index is 961. The van der Waals surface area contributed by atoms with E-state index in [1.807, 2.05) is 18.2 Å². The summed E-state index contributed by atoms with van der Waals surface area (Å²) in [5.74, 6) is 0.210. The molecule has 3 aromatic rings. The average Bonchev–Trinajstić information content (AvgIpc) is 2.95. The lowest BCUT2D eigenvalue weighted by Crippen LogP contribution is -2.06. The van der Waals surface area contributed by atoms with Crippen LogP contribution < -0.4 is 4.74 Å². The van der Waals surface area contributed by atoms with Gasteiger partial charge in [-0.2, -0.15) is 0 Å². The van der Waals surface area contributed by atoms with Crippen molar-refractivity contribution < 1.29 is 19.1 Å². The van der Waals surface area contributed by atoms with E-state index in [1.54, 1.807) is 42.8 Å². The molecule has 3 rings (SSSR count). The van der Waals surface area contributed by atoms with Gasteiger partial charge in [0.05, 0.1) is 30.5 Å². The Kier molecular flexibility index (Phi) is 4.90. The highest BCUT2D eigenvalue weighted by Gasteiger charge is 2.26. The predicted octanol–water partition coefficient (Wildman–Crippen LogP) is 4.37. The number of rotatable bonds is 5. The van der Waals surface area contributed by atoms with Crippen molar-refractivity contribution in [1.29, 1.82) is 0 Å². The van der Waals surface area contributed by atoms with Gasteiger partial charge in [0.1, 0.15) is 5.75 Å². The number of nitrogens with zero attached hydrogens (tertiary/aromatic N) is 1. The van der Waals surface area contributed by atoms with Crippen LogP contribution in [-0.4, -0.2) is 30.4 Å². The molecular formula is C19H16BrNO4. The lowest BCUT2D eigenvalue weighted by molar-refractivity contribution is 0.0529. The minimum absolute atomic E-state index is 0.253. The van der Waals surface area contributed by atoms with E-state index in [0.717, 1.165) is 16.3 Å². The SMILES string of the molecule is CCOC(=O)c1c(-c2ccc(OC)cc2Br)c(C=O)n2ccccc12. The fourth-order valence-corrected chi connectivity index (χ4v) is 3.41. The third-order valence-corrected chi connectivity index (χ3v) is 4.57. The van der Waals surface area contributed by atoms with E-state index in [-0.39, 0.29) is 6.61 Å². The number of benzene rings is 1. The van der Waals surface area contributed by atoms with E-state index in [0.29, 0.717) is 28.1 Å². The zero-order valence-corrected chi connectivity index (χ0v) is 15.4. The highest BCUT2D eigenvalue weighted by molar-refractivity contribution is 9.10. The average molecular weight is 402 g/mol. The maximum absolute atomic E-state index is 12.6. The van der Waals surface area contributed by atoms with Gasteiger partial charge in [0.15, 0.2) is 6.29 Å². The number of hydrogen-bond donors (Lipinski definition) is 0. The molecule has 6 heteroatoms. The second kappa shape index (κ2) is 7.11. The largest absolute Gasteiger partial charge is 0.497 e. The molecule has 0 aliphatic carbocycles. The van der Waals surface area contributed by atoms with E-state index >= 15 is 0 Å². The van der Waals surface area contributed by atoms with Crippen molar-refractivity contribution in [2.75, 3.05) is 13.7 Å². The molecule has 128 valence electrons. The molecule has 2 heterocycles. The molecule has 0 bridgehead atoms. The van der Waals surface area contributed by atoms with Crippen molar-refractivity contribution in [2.45, 2.75) is 6.92 Å². The normalized spacial score (nSPS) is 10.7. The number of ether oxygens (including phenoxy) is 2. The van der Waals surface area contributed by atoms with Crippen molar-refractivity contribution in [3.63, 3.8) is 0 Å². The van der Waals surface area contributed by atoms with Crippen LogP contribution in [0.4, 0.5) is 0 Å². The van der Waals surface area contributed by atoms with Crippen molar-refractivity contribution in [3.8, 4) is 16.9 Å². The predicted molar refractivity (Wildman–Crippen MR) is 98.4 cm³/mol. The summed E-state index contributed by atoms with van der Waals surface area (Å²) < 4.78 is 12.9. The number of aromatic nitrogens is 1. The zero-order valence-electron chi connectivity index (χ0n) is 13.8. The summed E-state index contributed by atoms with van der Waals surface area (Å²) in [4.78, 5) is 24.5. The number of carbonyl (C=O) groups is 2. The Labute approximate surface area is 153 Å². The topological polar surface area (TPSA) is 57.0 Å². The molecule has 0 amide bonds. The summed E-state index contributed by atoms with van der Waals surface area (Å²) in [7, 11) is 1.58. The number of fused-ring (bicyclic) bond motifs is 1. The van der Waals surface area contributed by atoms with E-state index < -0.39 is 5.97 Å². The molecule has 0 aliphatic rings. The molecule has 0 saturated carbocycles. The van der Waals surface area contributed by atoms with Gasteiger partial charge in [-0.25, -0.2) is 4.79 Å². The second-order valence-corrected chi connectivity index (χ2v) is 6.13. The van der Waals surface area contributed by atoms with Crippen LogP contribution in [-0.2, 0) is 4.74 Å². The van der Waals surface area contributed by atoms with Gasteiger partial charge in [0, 0.05) is 16.2 Å². The van der Waals surface area contributed by atoms with Gasteiger partial charge < -0.3 is 13.9 Å². The van der Waals surface area contributed by atoms with Crippen LogP contribution in [0.25, 0.3) is 16.6 Å². The highest BCUT2D eigenvalue weighted by atomic mass is 79.9. The first-order valence-electron chi connectivity index (χ1n) is 7.71. The molecule has 1 aromatic carbocycles. The van der Waals surface area contributed by atoms with Crippen molar-refractivity contribution >= 4 is 33.7 Å². The maximum Gasteiger partial charge on any atom is 0.340 e. The van der Waals surface area contributed by atoms with Crippen LogP contribution in [0.1, 0.15) is 27.8 Å². The number of pyridine rings is 1. The van der Waals surface area contributed by atoms with E-state index in [1.165, 1.54) is 0 Å². The summed E-state index contributed by atoms with van der Waals surface area (Å²) in [5.41, 5.74) is 2.64. The van der Waals surface area contributed by atoms with Crippen LogP contribution in [0.15, 0.2) is 47.1 Å². The van der Waals surface area contributed by atoms with Crippen molar-refractivity contribution in [3.05, 3.63) is 58.3 Å². The molecule has 0 aliphatic heterocycles. The molecule has 0 fully saturated rings. The van der Waals surface area contributed by atoms with Crippen LogP contribution in [0.2, 0.25) is 0 Å². The fourth-order valence-electron chi connectivity index (χ4n) is 2.86. The van der Waals surface area contributed by atoms with Crippen LogP contribution in [0.5, 0.6) is 5.75 Å². The first-order chi connectivity index (χ1) is 12.1. The molecule has 0 N–H and O–H groups in total. The van der Waals surface area contributed by atoms with Gasteiger partial charge in [0.25, 0.3) is 0 Å². The second-order valence-electron chi connectivity index (χ2n) is 5.28. The first kappa shape index (κ1) is 17.2. The number of halogens is 1. The van der Waals surface area contributed by atoms with Crippen molar-refractivity contribution in [2.24, 2.45) is 0 Å². The van der Waals surface area contributed by atoms with E-state index in [2.05, 4.69) is 15.9 Å². The van der Waals surface area contributed by atoms with E-state index in [9.17, 15) is 9.59 Å². The molecule has 0 saturated heterocycles. The zero-order chi connectivity index (χ0) is 18.0. The summed E-state index contributed by atoms with van der Waals surface area (Å²) in [6.45, 7) is 2.00. The Hall–Kier alpha value is -2.60. The van der Waals surface area contributed by atoms with Gasteiger partial charge in [-0.1, -0.05) is 22.0 Å². The molecule has 2 aromatic heterocycles. The van der Waals surface area contributed by atoms with Gasteiger partial charge >= 0.3 is 5.97 Å². The van der Waals surface area contributed by atoms with Crippen LogP contribution in [0, 0.1) is 0 Å². The minimum Gasteiger partial charge on any atom is -0.497 e. The quantitative estimate of drug-likeness (QED) is 0.470. The van der Waals surface area contributed by atoms with Gasteiger partial charge in [-0.15, -0.1) is 0 Å². The summed E-state index contributed by atoms with van der Waals surface area (Å²) in [6, 6.07) is 10.8. The Morgan fingerprint density at radius 2 is 2.08 bits per heavy atom. The number of carbonyl (C=O) groups excluding carboxylic acids is 2. The Balaban J connectivity index is 2.38. The molecule has 25 heavy (non-hydrogen) atoms. The number of aldehydes is 1. The van der Waals surface area contributed by atoms with Crippen molar-refractivity contribution in [1.82, 2.24) is 4.40 Å². The monoisotopic (exact) mass is 401 g/mol. The molecular weight excluding hydrogens is 386 g/mol. The first-order valence-corrected chi connectivity index (χ1v) is 8.50. The minimum atomic E-state index is -0.461. The molecule has 0 radical (unpaired) electrons. The number of esters is 1. The van der Waals surface area contributed by atoms with Gasteiger partial charge in [-0.05, 0) is 42.8 Å². The lowest BCUT2D eigenvalue weighted by atomic mass is 10.0. The highest BCUT2D eigenvalue weighted by Crippen LogP contribution is 2.38. The molecule has 5 nitrogen and oxygen atoms in total. The maximum atomic E-state index is 12.6. The lowest BCUT2D eigenvalue weighted by Gasteiger charge is -2.09. The third kappa shape index (κ3) is 2.93. The van der Waals surface area contributed by atoms with Gasteiger partial charge in [0.2, 0.25) is 0 Å². The Morgan fingerprint density at radius 1 is 1.28 bits per heavy atom. The standard InChI is InChI=1S/C19H16BrNO4/c1-3-25-19(23)18-15-6-4-5-9-21(15)16(11-22)17(18)13-8-7-12(24-2)10-14(13)20/h4-11H,3H2,1-2H3. The van der Waals surface area contributed by atoms with E-state index in [4.69, 9.17) is 9.47 Å². The summed E-state index contributed by atoms with van der Waals surface area (Å²) in [6.07, 6.45) is 2.50. The molecule has 0 atom stereocenters. The molecule has 0 unspecified atom stereocenters. The third-order valence-electron chi connectivity index (χ3n) is 3.92. The summed E-state index contributed by atoms with van der Waals surface area (Å²) >= 11 is 3.51. The number of methoxy groups -OCH3 is 1. The Morgan fingerprint density at radius 3 is 2.72 bits per heavy atom. The fraction of sp³-hybridized carbons (Fsp3) is 0.158. The van der Waals surface area contributed by atoms with Gasteiger partial charge in [-0.3, -0.25) is 4.79 Å². The molecule has 0 spiro atoms. The summed E-state index contributed by atoms with van der Waals surface area (Å²) in [5, 5.41) is 0. The smallest absolute Gasteiger partial charge is 0.340 e.